The lowest BCUT2D eigenvalue weighted by atomic mass is 9.95. The molecule has 1 unspecified atom stereocenters. The summed E-state index contributed by atoms with van der Waals surface area (Å²) in [7, 11) is 1.64. The smallest absolute Gasteiger partial charge is 0.222 e. The van der Waals surface area contributed by atoms with Crippen molar-refractivity contribution in [1.29, 1.82) is 0 Å². The lowest BCUT2D eigenvalue weighted by Crippen LogP contribution is -2.21. The van der Waals surface area contributed by atoms with Crippen LogP contribution in [-0.2, 0) is 6.42 Å². The molecule has 9 heteroatoms. The van der Waals surface area contributed by atoms with E-state index in [1.807, 2.05) is 36.4 Å². The third kappa shape index (κ3) is 3.30. The molecule has 0 radical (unpaired) electrons. The average Bonchev–Trinajstić information content (AvgIpc) is 3.24. The van der Waals surface area contributed by atoms with E-state index in [2.05, 4.69) is 19.9 Å². The Kier molecular flexibility index (Phi) is 4.55. The fourth-order valence-corrected chi connectivity index (χ4v) is 4.50. The zero-order chi connectivity index (χ0) is 22.5. The predicted molar refractivity (Wildman–Crippen MR) is 124 cm³/mol. The average molecular weight is 460 g/mol. The predicted octanol–water partition coefficient (Wildman–Crippen LogP) is 4.65. The second kappa shape index (κ2) is 7.60. The maximum Gasteiger partial charge on any atom is 0.222 e. The molecule has 0 saturated carbocycles. The molecule has 1 aliphatic heterocycles. The van der Waals surface area contributed by atoms with Crippen LogP contribution in [0.4, 0.5) is 0 Å². The van der Waals surface area contributed by atoms with Gasteiger partial charge in [-0.1, -0.05) is 17.7 Å². The first kappa shape index (κ1) is 19.8. The minimum atomic E-state index is -0.0845. The normalized spacial score (nSPS) is 15.4. The van der Waals surface area contributed by atoms with Crippen LogP contribution in [0, 0.1) is 0 Å². The number of benzene rings is 2. The highest BCUT2D eigenvalue weighted by atomic mass is 35.5. The zero-order valence-corrected chi connectivity index (χ0v) is 18.3. The number of aromatic amines is 1. The van der Waals surface area contributed by atoms with Crippen LogP contribution in [0.5, 0.6) is 17.4 Å². The Labute approximate surface area is 193 Å². The van der Waals surface area contributed by atoms with Gasteiger partial charge < -0.3 is 19.6 Å². The number of methoxy groups -OCH3 is 1. The molecule has 164 valence electrons. The molecular formula is C24H18ClN5O3. The van der Waals surface area contributed by atoms with Gasteiger partial charge in [-0.2, -0.15) is 4.98 Å². The van der Waals surface area contributed by atoms with E-state index in [9.17, 15) is 5.11 Å². The third-order valence-electron chi connectivity index (χ3n) is 5.93. The van der Waals surface area contributed by atoms with E-state index in [4.69, 9.17) is 26.1 Å². The Hall–Kier alpha value is -3.91. The van der Waals surface area contributed by atoms with Gasteiger partial charge >= 0.3 is 0 Å². The molecule has 0 amide bonds. The van der Waals surface area contributed by atoms with Crippen LogP contribution >= 0.6 is 11.6 Å². The molecule has 2 N–H and O–H groups in total. The highest BCUT2D eigenvalue weighted by Crippen LogP contribution is 2.37. The fourth-order valence-electron chi connectivity index (χ4n) is 4.27. The molecule has 5 aromatic rings. The summed E-state index contributed by atoms with van der Waals surface area (Å²) in [6.45, 7) is 0.438. The van der Waals surface area contributed by atoms with E-state index < -0.39 is 0 Å². The molecule has 6 rings (SSSR count). The topological polar surface area (TPSA) is 106 Å². The second-order valence-corrected chi connectivity index (χ2v) is 8.31. The first-order valence-corrected chi connectivity index (χ1v) is 10.8. The van der Waals surface area contributed by atoms with Crippen LogP contribution in [0.1, 0.15) is 17.3 Å². The number of nitrogens with zero attached hydrogens (tertiary/aromatic N) is 4. The van der Waals surface area contributed by atoms with Gasteiger partial charge in [-0.15, -0.1) is 0 Å². The minimum absolute atomic E-state index is 0.0836. The van der Waals surface area contributed by atoms with Crippen LogP contribution < -0.4 is 9.47 Å². The molecule has 1 aliphatic rings. The van der Waals surface area contributed by atoms with Gasteiger partial charge in [-0.25, -0.2) is 15.0 Å². The molecule has 1 atom stereocenters. The van der Waals surface area contributed by atoms with Crippen LogP contribution in [-0.4, -0.2) is 43.7 Å². The van der Waals surface area contributed by atoms with E-state index in [1.165, 1.54) is 6.33 Å². The maximum absolute atomic E-state index is 10.8. The third-order valence-corrected chi connectivity index (χ3v) is 6.23. The Bertz CT molecular complexity index is 1530. The number of hydrogen-bond donors (Lipinski definition) is 2. The van der Waals surface area contributed by atoms with E-state index in [0.29, 0.717) is 46.1 Å². The molecule has 0 spiro atoms. The largest absolute Gasteiger partial charge is 0.497 e. The zero-order valence-electron chi connectivity index (χ0n) is 17.5. The summed E-state index contributed by atoms with van der Waals surface area (Å²) in [5.41, 5.74) is 3.77. The molecule has 2 aromatic carbocycles. The van der Waals surface area contributed by atoms with E-state index in [1.54, 1.807) is 13.3 Å². The summed E-state index contributed by atoms with van der Waals surface area (Å²) < 4.78 is 11.2. The number of H-pyrrole nitrogens is 1. The fraction of sp³-hybridized carbons (Fsp3) is 0.167. The Morgan fingerprint density at radius 2 is 2.06 bits per heavy atom. The Balaban J connectivity index is 1.39. The van der Waals surface area contributed by atoms with E-state index >= 15 is 0 Å². The Morgan fingerprint density at radius 3 is 2.94 bits per heavy atom. The van der Waals surface area contributed by atoms with E-state index in [0.717, 1.165) is 28.0 Å². The molecule has 4 heterocycles. The number of ether oxygens (including phenoxy) is 2. The van der Waals surface area contributed by atoms with Crippen molar-refractivity contribution in [1.82, 2.24) is 24.9 Å². The van der Waals surface area contributed by atoms with Crippen molar-refractivity contribution in [2.45, 2.75) is 12.3 Å². The molecule has 0 bridgehead atoms. The minimum Gasteiger partial charge on any atom is -0.497 e. The van der Waals surface area contributed by atoms with Crippen molar-refractivity contribution < 1.29 is 14.6 Å². The second-order valence-electron chi connectivity index (χ2n) is 7.91. The van der Waals surface area contributed by atoms with Gasteiger partial charge in [0.15, 0.2) is 0 Å². The first-order chi connectivity index (χ1) is 16.1. The Morgan fingerprint density at radius 1 is 1.15 bits per heavy atom. The highest BCUT2D eigenvalue weighted by molar-refractivity contribution is 6.36. The molecule has 8 nitrogen and oxygen atoms in total. The SMILES string of the molecule is COc1ccc2c(c1)CC(c1nc(O)c3cc(-c4ncnc5[nH]cc(Cl)c45)ccc3n1)CO2. The quantitative estimate of drug-likeness (QED) is 0.404. The van der Waals surface area contributed by atoms with Crippen LogP contribution in [0.3, 0.4) is 0 Å². The van der Waals surface area contributed by atoms with Gasteiger partial charge in [0.2, 0.25) is 5.88 Å². The van der Waals surface area contributed by atoms with Crippen LogP contribution in [0.15, 0.2) is 48.9 Å². The number of fused-ring (bicyclic) bond motifs is 3. The summed E-state index contributed by atoms with van der Waals surface area (Å²) in [6, 6.07) is 11.3. The molecule has 0 saturated heterocycles. The standard InChI is InChI=1S/C24H18ClN5O3/c1-32-15-3-5-19-13(7-15)6-14(10-33-19)22-29-18-4-2-12(8-16(18)24(31)30-22)21-20-17(25)9-26-23(20)28-11-27-21/h2-5,7-9,11,14H,6,10H2,1H3,(H,26,27,28)(H,29,30,31). The summed E-state index contributed by atoms with van der Waals surface area (Å²) in [5, 5.41) is 12.6. The number of halogens is 1. The van der Waals surface area contributed by atoms with Crippen molar-refractivity contribution in [2.75, 3.05) is 13.7 Å². The summed E-state index contributed by atoms with van der Waals surface area (Å²) in [6.07, 6.45) is 3.85. The summed E-state index contributed by atoms with van der Waals surface area (Å²) in [5.74, 6) is 1.98. The van der Waals surface area contributed by atoms with Crippen molar-refractivity contribution >= 4 is 33.5 Å². The van der Waals surface area contributed by atoms with Crippen LogP contribution in [0.2, 0.25) is 5.02 Å². The number of rotatable bonds is 3. The van der Waals surface area contributed by atoms with E-state index in [-0.39, 0.29) is 11.8 Å². The van der Waals surface area contributed by atoms with Crippen molar-refractivity contribution in [3.05, 3.63) is 65.3 Å². The number of hydrogen-bond acceptors (Lipinski definition) is 7. The van der Waals surface area contributed by atoms with Crippen molar-refractivity contribution in [3.63, 3.8) is 0 Å². The molecular weight excluding hydrogens is 442 g/mol. The van der Waals surface area contributed by atoms with Gasteiger partial charge in [0.1, 0.15) is 29.3 Å². The number of aromatic nitrogens is 5. The van der Waals surface area contributed by atoms with Gasteiger partial charge in [-0.3, -0.25) is 0 Å². The summed E-state index contributed by atoms with van der Waals surface area (Å²) >= 11 is 6.33. The van der Waals surface area contributed by atoms with Crippen molar-refractivity contribution in [3.8, 4) is 28.6 Å². The monoisotopic (exact) mass is 459 g/mol. The molecule has 0 fully saturated rings. The van der Waals surface area contributed by atoms with Crippen LogP contribution in [0.25, 0.3) is 33.2 Å². The molecule has 33 heavy (non-hydrogen) atoms. The van der Waals surface area contributed by atoms with Gasteiger partial charge in [0.25, 0.3) is 0 Å². The molecule has 0 aliphatic carbocycles. The van der Waals surface area contributed by atoms with Gasteiger partial charge in [-0.05, 0) is 42.3 Å². The highest BCUT2D eigenvalue weighted by Gasteiger charge is 2.25. The van der Waals surface area contributed by atoms with Gasteiger partial charge in [0, 0.05) is 11.8 Å². The van der Waals surface area contributed by atoms with Gasteiger partial charge in [0.05, 0.1) is 46.6 Å². The number of nitrogens with one attached hydrogen (secondary N) is 1. The van der Waals surface area contributed by atoms with Crippen molar-refractivity contribution in [2.24, 2.45) is 0 Å². The number of aromatic hydroxyl groups is 1. The lowest BCUT2D eigenvalue weighted by Gasteiger charge is -2.25. The lowest BCUT2D eigenvalue weighted by molar-refractivity contribution is 0.256. The first-order valence-electron chi connectivity index (χ1n) is 10.4. The summed E-state index contributed by atoms with van der Waals surface area (Å²) in [4.78, 5) is 20.8. The molecule has 3 aromatic heterocycles. The maximum atomic E-state index is 10.8.